The monoisotopic (exact) mass is 398 g/mol. The maximum atomic E-state index is 13.6. The Morgan fingerprint density at radius 1 is 1.31 bits per heavy atom. The Hall–Kier alpha value is -3.23. The van der Waals surface area contributed by atoms with Crippen molar-refractivity contribution in [2.75, 3.05) is 11.9 Å². The van der Waals surface area contributed by atoms with Crippen molar-refractivity contribution in [1.82, 2.24) is 24.8 Å². The Labute approximate surface area is 167 Å². The Kier molecular flexibility index (Phi) is 5.28. The molecule has 1 aliphatic rings. The normalized spacial score (nSPS) is 17.2. The van der Waals surface area contributed by atoms with E-state index in [1.165, 1.54) is 12.1 Å². The highest BCUT2D eigenvalue weighted by atomic mass is 19.1. The van der Waals surface area contributed by atoms with Gasteiger partial charge in [-0.15, -0.1) is 0 Å². The van der Waals surface area contributed by atoms with Crippen molar-refractivity contribution in [3.63, 3.8) is 0 Å². The zero-order chi connectivity index (χ0) is 20.4. The number of carbonyl (C=O) groups excluding carboxylic acids is 1. The van der Waals surface area contributed by atoms with Gasteiger partial charge in [0.05, 0.1) is 17.8 Å². The Bertz CT molecular complexity index is 1010. The zero-order valence-corrected chi connectivity index (χ0v) is 16.4. The van der Waals surface area contributed by atoms with Crippen LogP contribution in [0.25, 0.3) is 11.5 Å². The summed E-state index contributed by atoms with van der Waals surface area (Å²) in [5.74, 6) is 0.452. The van der Waals surface area contributed by atoms with E-state index in [4.69, 9.17) is 4.52 Å². The fourth-order valence-electron chi connectivity index (χ4n) is 3.55. The Balaban J connectivity index is 1.58. The molecule has 1 saturated heterocycles. The van der Waals surface area contributed by atoms with Gasteiger partial charge in [-0.1, -0.05) is 24.1 Å². The molecule has 0 aliphatic carbocycles. The lowest BCUT2D eigenvalue weighted by molar-refractivity contribution is 0.185. The molecule has 0 spiro atoms. The molecule has 152 valence electrons. The van der Waals surface area contributed by atoms with Gasteiger partial charge in [-0.2, -0.15) is 10.1 Å². The first-order chi connectivity index (χ1) is 14.0. The highest BCUT2D eigenvalue weighted by Gasteiger charge is 2.31. The van der Waals surface area contributed by atoms with Crippen molar-refractivity contribution in [2.24, 2.45) is 7.05 Å². The average Bonchev–Trinajstić information content (AvgIpc) is 3.27. The van der Waals surface area contributed by atoms with Gasteiger partial charge >= 0.3 is 6.03 Å². The molecular weight excluding hydrogens is 375 g/mol. The number of urea groups is 1. The minimum atomic E-state index is -0.391. The molecule has 0 bridgehead atoms. The summed E-state index contributed by atoms with van der Waals surface area (Å²) in [6, 6.07) is 3.75. The Morgan fingerprint density at radius 2 is 2.17 bits per heavy atom. The van der Waals surface area contributed by atoms with Crippen LogP contribution in [0.3, 0.4) is 0 Å². The molecule has 8 nitrogen and oxygen atoms in total. The van der Waals surface area contributed by atoms with Crippen LogP contribution < -0.4 is 5.32 Å². The van der Waals surface area contributed by atoms with Gasteiger partial charge in [0.2, 0.25) is 0 Å². The van der Waals surface area contributed by atoms with Crippen molar-refractivity contribution in [1.29, 1.82) is 0 Å². The van der Waals surface area contributed by atoms with E-state index in [1.807, 2.05) is 14.0 Å². The standard InChI is InChI=1S/C20H23FN6O2/c1-13-7-8-15(21)10-16(13)23-20(28)27-9-5-3-4-6-17(27)18-24-19(29-25-18)14-11-22-26(2)12-14/h7-8,10-12,17H,3-6,9H2,1-2H3,(H,23,28). The van der Waals surface area contributed by atoms with Gasteiger partial charge in [-0.25, -0.2) is 9.18 Å². The molecule has 1 atom stereocenters. The second-order valence-electron chi connectivity index (χ2n) is 7.31. The second-order valence-corrected chi connectivity index (χ2v) is 7.31. The number of hydrogen-bond acceptors (Lipinski definition) is 5. The number of nitrogens with one attached hydrogen (secondary N) is 1. The average molecular weight is 398 g/mol. The van der Waals surface area contributed by atoms with E-state index in [9.17, 15) is 9.18 Å². The third kappa shape index (κ3) is 4.13. The van der Waals surface area contributed by atoms with Gasteiger partial charge in [-0.3, -0.25) is 4.68 Å². The molecule has 4 rings (SSSR count). The number of aromatic nitrogens is 4. The fraction of sp³-hybridized carbons (Fsp3) is 0.400. The van der Waals surface area contributed by atoms with Crippen LogP contribution in [0, 0.1) is 12.7 Å². The van der Waals surface area contributed by atoms with Gasteiger partial charge in [0.1, 0.15) is 5.82 Å². The summed E-state index contributed by atoms with van der Waals surface area (Å²) in [6.07, 6.45) is 7.06. The van der Waals surface area contributed by atoms with Crippen molar-refractivity contribution >= 4 is 11.7 Å². The van der Waals surface area contributed by atoms with E-state index in [0.29, 0.717) is 23.9 Å². The lowest BCUT2D eigenvalue weighted by atomic mass is 10.1. The lowest BCUT2D eigenvalue weighted by Gasteiger charge is -2.28. The maximum absolute atomic E-state index is 13.6. The molecular formula is C20H23FN6O2. The number of amides is 2. The minimum Gasteiger partial charge on any atom is -0.334 e. The van der Waals surface area contributed by atoms with Gasteiger partial charge in [0, 0.05) is 25.5 Å². The van der Waals surface area contributed by atoms with E-state index in [2.05, 4.69) is 20.6 Å². The molecule has 3 heterocycles. The third-order valence-corrected chi connectivity index (χ3v) is 5.15. The van der Waals surface area contributed by atoms with Gasteiger partial charge in [0.25, 0.3) is 5.89 Å². The third-order valence-electron chi connectivity index (χ3n) is 5.15. The molecule has 2 aromatic heterocycles. The van der Waals surface area contributed by atoms with Gasteiger partial charge < -0.3 is 14.7 Å². The largest absolute Gasteiger partial charge is 0.334 e. The van der Waals surface area contributed by atoms with Crippen LogP contribution in [-0.4, -0.2) is 37.4 Å². The van der Waals surface area contributed by atoms with Crippen LogP contribution in [-0.2, 0) is 7.05 Å². The summed E-state index contributed by atoms with van der Waals surface area (Å²) in [5.41, 5.74) is 1.98. The van der Waals surface area contributed by atoms with Crippen LogP contribution >= 0.6 is 0 Å². The summed E-state index contributed by atoms with van der Waals surface area (Å²) < 4.78 is 20.7. The van der Waals surface area contributed by atoms with Crippen molar-refractivity contribution < 1.29 is 13.7 Å². The molecule has 1 unspecified atom stereocenters. The molecule has 1 aromatic carbocycles. The van der Waals surface area contributed by atoms with Crippen molar-refractivity contribution in [3.05, 3.63) is 47.8 Å². The highest BCUT2D eigenvalue weighted by molar-refractivity contribution is 5.90. The molecule has 9 heteroatoms. The molecule has 0 radical (unpaired) electrons. The quantitative estimate of drug-likeness (QED) is 0.718. The van der Waals surface area contributed by atoms with E-state index in [-0.39, 0.29) is 12.1 Å². The van der Waals surface area contributed by atoms with Crippen molar-refractivity contribution in [3.8, 4) is 11.5 Å². The first-order valence-corrected chi connectivity index (χ1v) is 9.67. The summed E-state index contributed by atoms with van der Waals surface area (Å²) in [5, 5.41) is 11.1. The molecule has 1 fully saturated rings. The number of aryl methyl sites for hydroxylation is 2. The first kappa shape index (κ1) is 19.1. The minimum absolute atomic E-state index is 0.293. The zero-order valence-electron chi connectivity index (χ0n) is 16.4. The van der Waals surface area contributed by atoms with Crippen LogP contribution in [0.5, 0.6) is 0 Å². The number of hydrogen-bond donors (Lipinski definition) is 1. The number of halogens is 1. The number of rotatable bonds is 3. The van der Waals surface area contributed by atoms with Crippen molar-refractivity contribution in [2.45, 2.75) is 38.6 Å². The van der Waals surface area contributed by atoms with Gasteiger partial charge in [0.15, 0.2) is 5.82 Å². The summed E-state index contributed by atoms with van der Waals surface area (Å²) in [7, 11) is 1.81. The summed E-state index contributed by atoms with van der Waals surface area (Å²) in [6.45, 7) is 2.40. The molecule has 3 aromatic rings. The van der Waals surface area contributed by atoms with Crippen LogP contribution in [0.2, 0.25) is 0 Å². The van der Waals surface area contributed by atoms with Crippen LogP contribution in [0.1, 0.15) is 43.1 Å². The second kappa shape index (κ2) is 8.02. The predicted octanol–water partition coefficient (Wildman–Crippen LogP) is 4.07. The molecule has 2 amide bonds. The van der Waals surface area contributed by atoms with E-state index in [0.717, 1.165) is 36.8 Å². The SMILES string of the molecule is Cc1ccc(F)cc1NC(=O)N1CCCCCC1c1noc(-c2cnn(C)c2)n1. The fourth-order valence-corrected chi connectivity index (χ4v) is 3.55. The molecule has 29 heavy (non-hydrogen) atoms. The van der Waals surface area contributed by atoms with E-state index in [1.54, 1.807) is 28.0 Å². The van der Waals surface area contributed by atoms with Crippen LogP contribution in [0.15, 0.2) is 35.1 Å². The topological polar surface area (TPSA) is 89.1 Å². The van der Waals surface area contributed by atoms with E-state index < -0.39 is 5.82 Å². The number of nitrogens with zero attached hydrogens (tertiary/aromatic N) is 5. The summed E-state index contributed by atoms with van der Waals surface area (Å²) >= 11 is 0. The first-order valence-electron chi connectivity index (χ1n) is 9.67. The smallest absolute Gasteiger partial charge is 0.322 e. The number of anilines is 1. The Morgan fingerprint density at radius 3 is 2.97 bits per heavy atom. The summed E-state index contributed by atoms with van der Waals surface area (Å²) in [4.78, 5) is 19.3. The molecule has 1 N–H and O–H groups in total. The molecule has 1 aliphatic heterocycles. The predicted molar refractivity (Wildman–Crippen MR) is 105 cm³/mol. The molecule has 0 saturated carbocycles. The maximum Gasteiger partial charge on any atom is 0.322 e. The van der Waals surface area contributed by atoms with Gasteiger partial charge in [-0.05, 0) is 37.5 Å². The van der Waals surface area contributed by atoms with E-state index >= 15 is 0 Å². The number of carbonyl (C=O) groups is 1. The number of benzene rings is 1. The lowest BCUT2D eigenvalue weighted by Crippen LogP contribution is -2.38. The highest BCUT2D eigenvalue weighted by Crippen LogP contribution is 2.31. The number of likely N-dealkylation sites (tertiary alicyclic amines) is 1. The van der Waals surface area contributed by atoms with Crippen LogP contribution in [0.4, 0.5) is 14.9 Å².